The minimum absolute atomic E-state index is 0.239. The van der Waals surface area contributed by atoms with Crippen LogP contribution in [0.15, 0.2) is 0 Å². The van der Waals surface area contributed by atoms with Crippen molar-refractivity contribution in [3.8, 4) is 0 Å². The number of hydrogen-bond donors (Lipinski definition) is 2. The molecule has 0 heterocycles. The van der Waals surface area contributed by atoms with Crippen molar-refractivity contribution in [2.75, 3.05) is 0 Å². The van der Waals surface area contributed by atoms with Crippen LogP contribution in [0, 0.1) is 17.3 Å². The van der Waals surface area contributed by atoms with Gasteiger partial charge in [-0.2, -0.15) is 0 Å². The van der Waals surface area contributed by atoms with E-state index in [1.54, 1.807) is 0 Å². The van der Waals surface area contributed by atoms with Gasteiger partial charge in [-0.1, -0.05) is 79.1 Å². The molecule has 0 saturated heterocycles. The van der Waals surface area contributed by atoms with Crippen molar-refractivity contribution in [2.45, 2.75) is 111 Å². The van der Waals surface area contributed by atoms with E-state index in [0.717, 1.165) is 77.0 Å². The number of hydrogen-bond acceptors (Lipinski definition) is 2. The number of carboxylic acid groups (broad SMARTS) is 2. The summed E-state index contributed by atoms with van der Waals surface area (Å²) in [5.74, 6) is -0.375. The van der Waals surface area contributed by atoms with Crippen LogP contribution in [0.1, 0.15) is 111 Å². The average molecular weight is 371 g/mol. The van der Waals surface area contributed by atoms with Crippen molar-refractivity contribution in [1.29, 1.82) is 0 Å². The maximum absolute atomic E-state index is 12.3. The minimum Gasteiger partial charge on any atom is -0.481 e. The van der Waals surface area contributed by atoms with Crippen LogP contribution in [-0.4, -0.2) is 22.2 Å². The predicted molar refractivity (Wildman–Crippen MR) is 107 cm³/mol. The molecule has 0 bridgehead atoms. The first kappa shape index (κ1) is 24.9. The first-order chi connectivity index (χ1) is 12.3. The van der Waals surface area contributed by atoms with E-state index >= 15 is 0 Å². The summed E-state index contributed by atoms with van der Waals surface area (Å²) >= 11 is 0. The van der Waals surface area contributed by atoms with Crippen LogP contribution in [0.3, 0.4) is 0 Å². The molecule has 2 N–H and O–H groups in total. The van der Waals surface area contributed by atoms with Crippen molar-refractivity contribution < 1.29 is 19.8 Å². The molecule has 0 spiro atoms. The summed E-state index contributed by atoms with van der Waals surface area (Å²) in [6.07, 6.45) is 11.3. The van der Waals surface area contributed by atoms with E-state index in [4.69, 9.17) is 5.11 Å². The molecule has 154 valence electrons. The fraction of sp³-hybridized carbons (Fsp3) is 0.909. The summed E-state index contributed by atoms with van der Waals surface area (Å²) in [4.78, 5) is 22.9. The zero-order valence-corrected chi connectivity index (χ0v) is 17.6. The quantitative estimate of drug-likeness (QED) is 0.286. The van der Waals surface area contributed by atoms with E-state index in [9.17, 15) is 14.7 Å². The molecule has 0 aliphatic carbocycles. The Morgan fingerprint density at radius 2 is 1.15 bits per heavy atom. The van der Waals surface area contributed by atoms with E-state index in [1.165, 1.54) is 0 Å². The number of carboxylic acids is 2. The van der Waals surface area contributed by atoms with Crippen LogP contribution in [0.4, 0.5) is 0 Å². The Hall–Kier alpha value is -1.06. The molecule has 0 atom stereocenters. The Labute approximate surface area is 160 Å². The summed E-state index contributed by atoms with van der Waals surface area (Å²) in [5.41, 5.74) is -0.589. The Morgan fingerprint density at radius 1 is 0.731 bits per heavy atom. The Balaban J connectivity index is 4.82. The van der Waals surface area contributed by atoms with Gasteiger partial charge in [0.05, 0.1) is 5.41 Å². The molecule has 0 aromatic heterocycles. The molecule has 0 aromatic carbocycles. The maximum Gasteiger partial charge on any atom is 0.309 e. The highest BCUT2D eigenvalue weighted by Gasteiger charge is 2.40. The van der Waals surface area contributed by atoms with Crippen LogP contribution in [0.2, 0.25) is 0 Å². The van der Waals surface area contributed by atoms with Crippen LogP contribution < -0.4 is 0 Å². The van der Waals surface area contributed by atoms with Gasteiger partial charge in [0.25, 0.3) is 0 Å². The lowest BCUT2D eigenvalue weighted by Gasteiger charge is -2.35. The van der Waals surface area contributed by atoms with Crippen molar-refractivity contribution in [1.82, 2.24) is 0 Å². The second-order valence-electron chi connectivity index (χ2n) is 8.02. The van der Waals surface area contributed by atoms with Gasteiger partial charge in [-0.05, 0) is 37.5 Å². The molecule has 0 rings (SSSR count). The molecule has 0 aliphatic heterocycles. The number of aliphatic carboxylic acids is 2. The molecule has 4 heteroatoms. The van der Waals surface area contributed by atoms with Gasteiger partial charge in [-0.3, -0.25) is 9.59 Å². The van der Waals surface area contributed by atoms with Gasteiger partial charge in [0.2, 0.25) is 0 Å². The van der Waals surface area contributed by atoms with E-state index < -0.39 is 17.4 Å². The minimum atomic E-state index is -0.731. The van der Waals surface area contributed by atoms with Crippen molar-refractivity contribution >= 4 is 11.9 Å². The zero-order chi connectivity index (χ0) is 20.0. The van der Waals surface area contributed by atoms with Crippen molar-refractivity contribution in [3.63, 3.8) is 0 Å². The highest BCUT2D eigenvalue weighted by Crippen LogP contribution is 2.42. The highest BCUT2D eigenvalue weighted by atomic mass is 16.4. The van der Waals surface area contributed by atoms with Crippen LogP contribution >= 0.6 is 0 Å². The van der Waals surface area contributed by atoms with Crippen LogP contribution in [0.5, 0.6) is 0 Å². The van der Waals surface area contributed by atoms with Crippen molar-refractivity contribution in [2.24, 2.45) is 17.3 Å². The third kappa shape index (κ3) is 9.59. The normalized spacial score (nSPS) is 12.1. The standard InChI is InChI=1S/C22H42O4/c1-5-18(6-2)16-22(21(25)26,17-19(7-3)8-4)15-13-11-9-10-12-14-20(23)24/h18-19H,5-17H2,1-4H3,(H,23,24)(H,25,26). The smallest absolute Gasteiger partial charge is 0.309 e. The van der Waals surface area contributed by atoms with Gasteiger partial charge < -0.3 is 10.2 Å². The SMILES string of the molecule is CCC(CC)CC(CCCCCCCC(=O)O)(CC(CC)CC)C(=O)O. The fourth-order valence-electron chi connectivity index (χ4n) is 4.10. The number of unbranched alkanes of at least 4 members (excludes halogenated alkanes) is 4. The second kappa shape index (κ2) is 14.1. The van der Waals surface area contributed by atoms with Gasteiger partial charge >= 0.3 is 11.9 Å². The van der Waals surface area contributed by atoms with Gasteiger partial charge in [0.15, 0.2) is 0 Å². The van der Waals surface area contributed by atoms with Gasteiger partial charge in [-0.25, -0.2) is 0 Å². The third-order valence-electron chi connectivity index (χ3n) is 6.17. The molecule has 0 aromatic rings. The lowest BCUT2D eigenvalue weighted by Crippen LogP contribution is -2.35. The first-order valence-corrected chi connectivity index (χ1v) is 10.8. The van der Waals surface area contributed by atoms with E-state index in [2.05, 4.69) is 27.7 Å². The fourth-order valence-corrected chi connectivity index (χ4v) is 4.10. The topological polar surface area (TPSA) is 74.6 Å². The second-order valence-corrected chi connectivity index (χ2v) is 8.02. The van der Waals surface area contributed by atoms with Crippen molar-refractivity contribution in [3.05, 3.63) is 0 Å². The Morgan fingerprint density at radius 3 is 1.54 bits per heavy atom. The lowest BCUT2D eigenvalue weighted by molar-refractivity contribution is -0.152. The molecular formula is C22H42O4. The van der Waals surface area contributed by atoms with E-state index in [0.29, 0.717) is 11.8 Å². The first-order valence-electron chi connectivity index (χ1n) is 10.8. The average Bonchev–Trinajstić information content (AvgIpc) is 2.62. The Kier molecular flexibility index (Phi) is 13.5. The van der Waals surface area contributed by atoms with Gasteiger partial charge in [-0.15, -0.1) is 0 Å². The maximum atomic E-state index is 12.3. The summed E-state index contributed by atoms with van der Waals surface area (Å²) in [6.45, 7) is 8.67. The van der Waals surface area contributed by atoms with E-state index in [-0.39, 0.29) is 6.42 Å². The Bertz CT molecular complexity index is 370. The van der Waals surface area contributed by atoms with Gasteiger partial charge in [0.1, 0.15) is 0 Å². The zero-order valence-electron chi connectivity index (χ0n) is 17.6. The molecule has 0 saturated carbocycles. The number of rotatable bonds is 17. The molecular weight excluding hydrogens is 328 g/mol. The van der Waals surface area contributed by atoms with Gasteiger partial charge in [0, 0.05) is 6.42 Å². The number of carbonyl (C=O) groups is 2. The third-order valence-corrected chi connectivity index (χ3v) is 6.17. The highest BCUT2D eigenvalue weighted by molar-refractivity contribution is 5.74. The summed E-state index contributed by atoms with van der Waals surface area (Å²) in [5, 5.41) is 18.8. The molecule has 0 aliphatic rings. The molecule has 0 radical (unpaired) electrons. The lowest BCUT2D eigenvalue weighted by atomic mass is 9.68. The largest absolute Gasteiger partial charge is 0.481 e. The molecule has 26 heavy (non-hydrogen) atoms. The molecule has 4 nitrogen and oxygen atoms in total. The molecule has 0 fully saturated rings. The molecule has 0 unspecified atom stereocenters. The van der Waals surface area contributed by atoms with Crippen LogP contribution in [0.25, 0.3) is 0 Å². The summed E-state index contributed by atoms with van der Waals surface area (Å²) in [6, 6.07) is 0. The monoisotopic (exact) mass is 370 g/mol. The van der Waals surface area contributed by atoms with Crippen LogP contribution in [-0.2, 0) is 9.59 Å². The summed E-state index contributed by atoms with van der Waals surface area (Å²) in [7, 11) is 0. The summed E-state index contributed by atoms with van der Waals surface area (Å²) < 4.78 is 0. The van der Waals surface area contributed by atoms with E-state index in [1.807, 2.05) is 0 Å². The predicted octanol–water partition coefficient (Wildman–Crippen LogP) is 6.53. The molecule has 0 amide bonds.